The smallest absolute Gasteiger partial charge is 0.407 e. The first-order chi connectivity index (χ1) is 10.7. The Bertz CT molecular complexity index is 515. The highest BCUT2D eigenvalue weighted by Gasteiger charge is 2.17. The summed E-state index contributed by atoms with van der Waals surface area (Å²) >= 11 is 0. The summed E-state index contributed by atoms with van der Waals surface area (Å²) in [5, 5.41) is 6.03. The topological polar surface area (TPSA) is 59.6 Å². The van der Waals surface area contributed by atoms with E-state index in [2.05, 4.69) is 10.6 Å². The second kappa shape index (κ2) is 8.72. The van der Waals surface area contributed by atoms with E-state index in [-0.39, 0.29) is 17.6 Å². The highest BCUT2D eigenvalue weighted by atomic mass is 19.1. The summed E-state index contributed by atoms with van der Waals surface area (Å²) in [6.07, 6.45) is 0.391. The van der Waals surface area contributed by atoms with Crippen molar-refractivity contribution in [1.82, 2.24) is 10.6 Å². The summed E-state index contributed by atoms with van der Waals surface area (Å²) in [6.45, 7) is 8.43. The molecule has 0 bridgehead atoms. The monoisotopic (exact) mass is 326 g/mol. The zero-order valence-electron chi connectivity index (χ0n) is 14.5. The molecule has 0 heterocycles. The van der Waals surface area contributed by atoms with E-state index in [4.69, 9.17) is 9.47 Å². The number of ether oxygens (including phenoxy) is 2. The Hall–Kier alpha value is -1.82. The van der Waals surface area contributed by atoms with E-state index in [0.29, 0.717) is 13.1 Å². The largest absolute Gasteiger partial charge is 0.494 e. The zero-order valence-corrected chi connectivity index (χ0v) is 14.5. The molecule has 5 nitrogen and oxygen atoms in total. The molecule has 0 saturated heterocycles. The Balaban J connectivity index is 2.45. The Kier molecular flexibility index (Phi) is 7.29. The molecular formula is C17H27FN2O3. The first kappa shape index (κ1) is 19.2. The molecule has 130 valence electrons. The van der Waals surface area contributed by atoms with Crippen LogP contribution < -0.4 is 15.4 Å². The van der Waals surface area contributed by atoms with Crippen LogP contribution in [0.4, 0.5) is 9.18 Å². The molecule has 1 aromatic rings. The van der Waals surface area contributed by atoms with Crippen molar-refractivity contribution in [3.05, 3.63) is 29.6 Å². The molecule has 0 radical (unpaired) electrons. The van der Waals surface area contributed by atoms with Gasteiger partial charge in [-0.15, -0.1) is 0 Å². The van der Waals surface area contributed by atoms with Gasteiger partial charge in [0.25, 0.3) is 0 Å². The molecule has 0 aliphatic carbocycles. The van der Waals surface area contributed by atoms with Crippen LogP contribution in [0.15, 0.2) is 18.2 Å². The van der Waals surface area contributed by atoms with Gasteiger partial charge in [-0.25, -0.2) is 9.18 Å². The molecule has 6 heteroatoms. The van der Waals surface area contributed by atoms with Gasteiger partial charge in [0.05, 0.1) is 7.11 Å². The van der Waals surface area contributed by atoms with Crippen LogP contribution in [0.1, 0.15) is 39.7 Å². The van der Waals surface area contributed by atoms with Gasteiger partial charge in [-0.05, 0) is 44.9 Å². The summed E-state index contributed by atoms with van der Waals surface area (Å²) in [5.74, 6) is -0.154. The van der Waals surface area contributed by atoms with Crippen molar-refractivity contribution >= 4 is 6.09 Å². The lowest BCUT2D eigenvalue weighted by Crippen LogP contribution is -2.42. The number of alkyl carbamates (subject to hydrolysis) is 1. The lowest BCUT2D eigenvalue weighted by molar-refractivity contribution is 0.0522. The molecule has 1 amide bonds. The molecular weight excluding hydrogens is 299 g/mol. The third-order valence-electron chi connectivity index (χ3n) is 3.20. The molecule has 1 unspecified atom stereocenters. The molecule has 0 fully saturated rings. The fraction of sp³-hybridized carbons (Fsp3) is 0.588. The highest BCUT2D eigenvalue weighted by molar-refractivity contribution is 5.67. The van der Waals surface area contributed by atoms with E-state index in [1.165, 1.54) is 13.2 Å². The molecule has 2 N–H and O–H groups in total. The van der Waals surface area contributed by atoms with Gasteiger partial charge in [-0.3, -0.25) is 0 Å². The minimum Gasteiger partial charge on any atom is -0.494 e. The molecule has 0 aromatic heterocycles. The first-order valence-corrected chi connectivity index (χ1v) is 7.77. The van der Waals surface area contributed by atoms with Crippen molar-refractivity contribution in [2.45, 2.75) is 52.3 Å². The van der Waals surface area contributed by atoms with E-state index in [9.17, 15) is 9.18 Å². The Morgan fingerprint density at radius 1 is 1.35 bits per heavy atom. The van der Waals surface area contributed by atoms with E-state index in [1.807, 2.05) is 33.8 Å². The van der Waals surface area contributed by atoms with Crippen molar-refractivity contribution in [3.8, 4) is 5.75 Å². The predicted octanol–water partition coefficient (Wildman–Crippen LogP) is 3.23. The van der Waals surface area contributed by atoms with Gasteiger partial charge in [0.2, 0.25) is 0 Å². The number of methoxy groups -OCH3 is 1. The average molecular weight is 326 g/mol. The predicted molar refractivity (Wildman–Crippen MR) is 88.1 cm³/mol. The lowest BCUT2D eigenvalue weighted by Gasteiger charge is -2.22. The number of carbonyl (C=O) groups excluding carboxylic acids is 1. The van der Waals surface area contributed by atoms with E-state index in [1.54, 1.807) is 6.07 Å². The fourth-order valence-electron chi connectivity index (χ4n) is 1.96. The van der Waals surface area contributed by atoms with Crippen molar-refractivity contribution in [1.29, 1.82) is 0 Å². The van der Waals surface area contributed by atoms with Crippen LogP contribution in [0.25, 0.3) is 0 Å². The molecule has 1 aromatic carbocycles. The number of hydrogen-bond donors (Lipinski definition) is 2. The Morgan fingerprint density at radius 3 is 2.57 bits per heavy atom. The van der Waals surface area contributed by atoms with Crippen LogP contribution >= 0.6 is 0 Å². The van der Waals surface area contributed by atoms with Crippen LogP contribution in [-0.4, -0.2) is 31.4 Å². The van der Waals surface area contributed by atoms with Crippen LogP contribution in [0.3, 0.4) is 0 Å². The van der Waals surface area contributed by atoms with Gasteiger partial charge >= 0.3 is 6.09 Å². The SMILES string of the molecule is CCC(CNC(=O)OC(C)(C)C)NCc1ccc(OC)c(F)c1. The average Bonchev–Trinajstić information content (AvgIpc) is 2.45. The summed E-state index contributed by atoms with van der Waals surface area (Å²) in [4.78, 5) is 11.6. The van der Waals surface area contributed by atoms with Crippen molar-refractivity contribution in [2.24, 2.45) is 0 Å². The van der Waals surface area contributed by atoms with E-state index in [0.717, 1.165) is 12.0 Å². The maximum Gasteiger partial charge on any atom is 0.407 e. The van der Waals surface area contributed by atoms with Gasteiger partial charge in [0, 0.05) is 19.1 Å². The molecule has 0 spiro atoms. The minimum absolute atomic E-state index is 0.0766. The number of halogens is 1. The van der Waals surface area contributed by atoms with Gasteiger partial charge in [0.1, 0.15) is 5.60 Å². The molecule has 23 heavy (non-hydrogen) atoms. The first-order valence-electron chi connectivity index (χ1n) is 7.77. The number of carbonyl (C=O) groups is 1. The molecule has 0 aliphatic rings. The van der Waals surface area contributed by atoms with E-state index < -0.39 is 11.7 Å². The normalized spacial score (nSPS) is 12.6. The van der Waals surface area contributed by atoms with Crippen LogP contribution in [-0.2, 0) is 11.3 Å². The van der Waals surface area contributed by atoms with Crippen molar-refractivity contribution < 1.29 is 18.7 Å². The van der Waals surface area contributed by atoms with Crippen molar-refractivity contribution in [3.63, 3.8) is 0 Å². The maximum absolute atomic E-state index is 13.6. The second-order valence-corrected chi connectivity index (χ2v) is 6.34. The molecule has 0 saturated carbocycles. The summed E-state index contributed by atoms with van der Waals surface area (Å²) in [5.41, 5.74) is 0.304. The zero-order chi connectivity index (χ0) is 17.5. The molecule has 1 atom stereocenters. The van der Waals surface area contributed by atoms with Crippen LogP contribution in [0, 0.1) is 5.82 Å². The molecule has 1 rings (SSSR count). The Morgan fingerprint density at radius 2 is 2.04 bits per heavy atom. The quantitative estimate of drug-likeness (QED) is 0.808. The number of amides is 1. The second-order valence-electron chi connectivity index (χ2n) is 6.34. The third-order valence-corrected chi connectivity index (χ3v) is 3.20. The summed E-state index contributed by atoms with van der Waals surface area (Å²) in [6, 6.07) is 4.93. The fourth-order valence-corrected chi connectivity index (χ4v) is 1.96. The molecule has 0 aliphatic heterocycles. The summed E-state index contributed by atoms with van der Waals surface area (Å²) in [7, 11) is 1.44. The van der Waals surface area contributed by atoms with Gasteiger partial charge < -0.3 is 20.1 Å². The standard InChI is InChI=1S/C17H27FN2O3/c1-6-13(11-20-16(21)23-17(2,3)4)19-10-12-7-8-15(22-5)14(18)9-12/h7-9,13,19H,6,10-11H2,1-5H3,(H,20,21). The van der Waals surface area contributed by atoms with Gasteiger partial charge in [-0.1, -0.05) is 13.0 Å². The minimum atomic E-state index is -0.514. The third kappa shape index (κ3) is 7.32. The van der Waals surface area contributed by atoms with Crippen molar-refractivity contribution in [2.75, 3.05) is 13.7 Å². The Labute approximate surface area is 137 Å². The van der Waals surface area contributed by atoms with Crippen LogP contribution in [0.5, 0.6) is 5.75 Å². The van der Waals surface area contributed by atoms with Crippen LogP contribution in [0.2, 0.25) is 0 Å². The lowest BCUT2D eigenvalue weighted by atomic mass is 10.1. The summed E-state index contributed by atoms with van der Waals surface area (Å²) < 4.78 is 23.7. The highest BCUT2D eigenvalue weighted by Crippen LogP contribution is 2.17. The van der Waals surface area contributed by atoms with E-state index >= 15 is 0 Å². The number of benzene rings is 1. The number of nitrogens with one attached hydrogen (secondary N) is 2. The number of hydrogen-bond acceptors (Lipinski definition) is 4. The van der Waals surface area contributed by atoms with Gasteiger partial charge in [0.15, 0.2) is 11.6 Å². The number of rotatable bonds is 7. The maximum atomic E-state index is 13.6. The van der Waals surface area contributed by atoms with Gasteiger partial charge in [-0.2, -0.15) is 0 Å².